The second kappa shape index (κ2) is 7.40. The number of nitrogens with two attached hydrogens (primary N) is 1. The summed E-state index contributed by atoms with van der Waals surface area (Å²) in [5.41, 5.74) is 6.33. The van der Waals surface area contributed by atoms with Crippen LogP contribution in [0.4, 0.5) is 0 Å². The number of ether oxygens (including phenoxy) is 1. The lowest BCUT2D eigenvalue weighted by Crippen LogP contribution is -2.42. The van der Waals surface area contributed by atoms with E-state index in [1.165, 1.54) is 0 Å². The summed E-state index contributed by atoms with van der Waals surface area (Å²) in [6, 6.07) is 11.4. The van der Waals surface area contributed by atoms with Gasteiger partial charge in [-0.05, 0) is 31.9 Å². The molecule has 1 atom stereocenters. The molecule has 24 heavy (non-hydrogen) atoms. The minimum atomic E-state index is -0.0203. The number of aromatic nitrogens is 2. The molecule has 0 bridgehead atoms. The highest BCUT2D eigenvalue weighted by molar-refractivity contribution is 5.78. The van der Waals surface area contributed by atoms with Crippen molar-refractivity contribution in [3.63, 3.8) is 0 Å². The molecule has 1 aromatic carbocycles. The van der Waals surface area contributed by atoms with Gasteiger partial charge in [-0.1, -0.05) is 18.2 Å². The summed E-state index contributed by atoms with van der Waals surface area (Å²) in [7, 11) is 0. The van der Waals surface area contributed by atoms with E-state index in [2.05, 4.69) is 9.97 Å². The molecule has 2 N–H and O–H groups in total. The molecule has 1 unspecified atom stereocenters. The van der Waals surface area contributed by atoms with Gasteiger partial charge < -0.3 is 15.4 Å². The molecule has 0 spiro atoms. The average Bonchev–Trinajstić information content (AvgIpc) is 2.61. The Kier molecular flexibility index (Phi) is 5.05. The number of amides is 1. The molecule has 1 aromatic heterocycles. The standard InChI is InChI=1S/C18H22N4O2/c1-13-10-16(24-15-7-3-2-4-8-15)21-18(20-13)14-6-5-9-22(12-14)17(23)11-19/h2-4,7-8,10,14H,5-6,9,11-12,19H2,1H3. The van der Waals surface area contributed by atoms with Crippen molar-refractivity contribution in [1.29, 1.82) is 0 Å². The Bertz CT molecular complexity index is 705. The maximum absolute atomic E-state index is 11.9. The average molecular weight is 326 g/mol. The molecule has 6 heteroatoms. The van der Waals surface area contributed by atoms with Crippen molar-refractivity contribution in [3.8, 4) is 11.6 Å². The molecule has 0 saturated carbocycles. The van der Waals surface area contributed by atoms with Gasteiger partial charge in [0.1, 0.15) is 11.6 Å². The highest BCUT2D eigenvalue weighted by Gasteiger charge is 2.26. The van der Waals surface area contributed by atoms with Crippen LogP contribution in [0.25, 0.3) is 0 Å². The summed E-state index contributed by atoms with van der Waals surface area (Å²) < 4.78 is 5.83. The van der Waals surface area contributed by atoms with Gasteiger partial charge in [-0.2, -0.15) is 4.98 Å². The first-order chi connectivity index (χ1) is 11.7. The number of hydrogen-bond donors (Lipinski definition) is 1. The Balaban J connectivity index is 1.79. The molecule has 126 valence electrons. The zero-order valence-corrected chi connectivity index (χ0v) is 13.8. The van der Waals surface area contributed by atoms with Crippen molar-refractivity contribution in [1.82, 2.24) is 14.9 Å². The Labute approximate surface area is 141 Å². The van der Waals surface area contributed by atoms with Crippen LogP contribution in [-0.4, -0.2) is 40.4 Å². The second-order valence-electron chi connectivity index (χ2n) is 6.00. The van der Waals surface area contributed by atoms with Crippen LogP contribution in [0.3, 0.4) is 0 Å². The number of likely N-dealkylation sites (tertiary alicyclic amines) is 1. The number of carbonyl (C=O) groups excluding carboxylic acids is 1. The molecule has 1 amide bonds. The van der Waals surface area contributed by atoms with Gasteiger partial charge in [0.25, 0.3) is 0 Å². The van der Waals surface area contributed by atoms with E-state index in [-0.39, 0.29) is 18.4 Å². The van der Waals surface area contributed by atoms with E-state index in [0.717, 1.165) is 36.7 Å². The van der Waals surface area contributed by atoms with Crippen LogP contribution < -0.4 is 10.5 Å². The molecular formula is C18H22N4O2. The van der Waals surface area contributed by atoms with Gasteiger partial charge >= 0.3 is 0 Å². The van der Waals surface area contributed by atoms with Crippen LogP contribution in [0.15, 0.2) is 36.4 Å². The monoisotopic (exact) mass is 326 g/mol. The quantitative estimate of drug-likeness (QED) is 0.932. The Morgan fingerprint density at radius 3 is 2.88 bits per heavy atom. The van der Waals surface area contributed by atoms with E-state index in [9.17, 15) is 4.79 Å². The van der Waals surface area contributed by atoms with Gasteiger partial charge in [-0.15, -0.1) is 0 Å². The lowest BCUT2D eigenvalue weighted by Gasteiger charge is -2.31. The number of rotatable bonds is 4. The number of aryl methyl sites for hydroxylation is 1. The molecule has 1 aliphatic rings. The summed E-state index contributed by atoms with van der Waals surface area (Å²) in [4.78, 5) is 22.8. The second-order valence-corrected chi connectivity index (χ2v) is 6.00. The molecule has 1 aliphatic heterocycles. The van der Waals surface area contributed by atoms with Crippen molar-refractivity contribution in [2.45, 2.75) is 25.7 Å². The first-order valence-electron chi connectivity index (χ1n) is 8.22. The molecule has 1 saturated heterocycles. The first-order valence-corrected chi connectivity index (χ1v) is 8.22. The molecule has 1 fully saturated rings. The van der Waals surface area contributed by atoms with Gasteiger partial charge in [-0.25, -0.2) is 4.98 Å². The maximum atomic E-state index is 11.9. The summed E-state index contributed by atoms with van der Waals surface area (Å²) in [6.45, 7) is 3.34. The lowest BCUT2D eigenvalue weighted by molar-refractivity contribution is -0.130. The Morgan fingerprint density at radius 1 is 1.33 bits per heavy atom. The number of piperidine rings is 1. The number of benzene rings is 1. The van der Waals surface area contributed by atoms with Crippen LogP contribution in [0, 0.1) is 6.92 Å². The first kappa shape index (κ1) is 16.4. The van der Waals surface area contributed by atoms with Gasteiger partial charge in [0.15, 0.2) is 0 Å². The number of carbonyl (C=O) groups is 1. The van der Waals surface area contributed by atoms with Crippen LogP contribution in [0.1, 0.15) is 30.3 Å². The van der Waals surface area contributed by atoms with Crippen molar-refractivity contribution in [2.75, 3.05) is 19.6 Å². The SMILES string of the molecule is Cc1cc(Oc2ccccc2)nc(C2CCCN(C(=O)CN)C2)n1. The van der Waals surface area contributed by atoms with Crippen LogP contribution in [-0.2, 0) is 4.79 Å². The molecule has 6 nitrogen and oxygen atoms in total. The molecule has 0 aliphatic carbocycles. The topological polar surface area (TPSA) is 81.3 Å². The van der Waals surface area contributed by atoms with Gasteiger partial charge in [0, 0.05) is 30.8 Å². The predicted molar refractivity (Wildman–Crippen MR) is 90.9 cm³/mol. The maximum Gasteiger partial charge on any atom is 0.236 e. The fourth-order valence-corrected chi connectivity index (χ4v) is 2.95. The van der Waals surface area contributed by atoms with E-state index < -0.39 is 0 Å². The van der Waals surface area contributed by atoms with E-state index >= 15 is 0 Å². The zero-order chi connectivity index (χ0) is 16.9. The fourth-order valence-electron chi connectivity index (χ4n) is 2.95. The van der Waals surface area contributed by atoms with Crippen molar-refractivity contribution in [2.24, 2.45) is 5.73 Å². The molecule has 2 aromatic rings. The van der Waals surface area contributed by atoms with Crippen molar-refractivity contribution < 1.29 is 9.53 Å². The van der Waals surface area contributed by atoms with Crippen LogP contribution in [0.5, 0.6) is 11.6 Å². The van der Waals surface area contributed by atoms with E-state index in [1.54, 1.807) is 4.90 Å². The summed E-state index contributed by atoms with van der Waals surface area (Å²) >= 11 is 0. The zero-order valence-electron chi connectivity index (χ0n) is 13.8. The number of hydrogen-bond acceptors (Lipinski definition) is 5. The number of nitrogens with zero attached hydrogens (tertiary/aromatic N) is 3. The van der Waals surface area contributed by atoms with Crippen molar-refractivity contribution in [3.05, 3.63) is 47.9 Å². The molecular weight excluding hydrogens is 304 g/mol. The Morgan fingerprint density at radius 2 is 2.12 bits per heavy atom. The minimum absolute atomic E-state index is 0.0203. The highest BCUT2D eigenvalue weighted by Crippen LogP contribution is 2.27. The molecule has 3 rings (SSSR count). The van der Waals surface area contributed by atoms with E-state index in [0.29, 0.717) is 12.4 Å². The van der Waals surface area contributed by atoms with E-state index in [1.807, 2.05) is 43.3 Å². The summed E-state index contributed by atoms with van der Waals surface area (Å²) in [6.07, 6.45) is 1.89. The Hall–Kier alpha value is -2.47. The van der Waals surface area contributed by atoms with Gasteiger partial charge in [0.2, 0.25) is 11.8 Å². The predicted octanol–water partition coefficient (Wildman–Crippen LogP) is 2.24. The number of para-hydroxylation sites is 1. The van der Waals surface area contributed by atoms with E-state index in [4.69, 9.17) is 10.5 Å². The third kappa shape index (κ3) is 3.89. The fraction of sp³-hybridized carbons (Fsp3) is 0.389. The summed E-state index contributed by atoms with van der Waals surface area (Å²) in [5, 5.41) is 0. The highest BCUT2D eigenvalue weighted by atomic mass is 16.5. The minimum Gasteiger partial charge on any atom is -0.439 e. The van der Waals surface area contributed by atoms with Gasteiger partial charge in [-0.3, -0.25) is 4.79 Å². The van der Waals surface area contributed by atoms with Crippen LogP contribution in [0.2, 0.25) is 0 Å². The van der Waals surface area contributed by atoms with Crippen LogP contribution >= 0.6 is 0 Å². The smallest absolute Gasteiger partial charge is 0.236 e. The third-order valence-corrected chi connectivity index (χ3v) is 4.13. The van der Waals surface area contributed by atoms with Crippen molar-refractivity contribution >= 4 is 5.91 Å². The lowest BCUT2D eigenvalue weighted by atomic mass is 9.97. The van der Waals surface area contributed by atoms with Gasteiger partial charge in [0.05, 0.1) is 6.54 Å². The third-order valence-electron chi connectivity index (χ3n) is 4.13. The molecule has 2 heterocycles. The summed E-state index contributed by atoms with van der Waals surface area (Å²) in [5.74, 6) is 2.10. The molecule has 0 radical (unpaired) electrons. The largest absolute Gasteiger partial charge is 0.439 e. The normalized spacial score (nSPS) is 17.6.